The molecule has 194 valence electrons. The Hall–Kier alpha value is -3.05. The van der Waals surface area contributed by atoms with Crippen molar-refractivity contribution in [3.8, 4) is 0 Å². The van der Waals surface area contributed by atoms with Gasteiger partial charge >= 0.3 is 0 Å². The van der Waals surface area contributed by atoms with E-state index in [0.29, 0.717) is 37.4 Å². The number of nitrogens with zero attached hydrogens (tertiary/aromatic N) is 2. The van der Waals surface area contributed by atoms with Crippen LogP contribution < -0.4 is 5.32 Å². The van der Waals surface area contributed by atoms with Crippen LogP contribution in [0.2, 0.25) is 0 Å². The molecule has 38 heavy (non-hydrogen) atoms. The van der Waals surface area contributed by atoms with Gasteiger partial charge < -0.3 is 5.32 Å². The molecular formula is C30H28IN3O3S. The van der Waals surface area contributed by atoms with Gasteiger partial charge in [0.25, 0.3) is 5.91 Å². The second-order valence-electron chi connectivity index (χ2n) is 9.12. The van der Waals surface area contributed by atoms with E-state index < -0.39 is 10.0 Å². The van der Waals surface area contributed by atoms with Crippen LogP contribution in [-0.4, -0.2) is 49.7 Å². The molecule has 1 aliphatic heterocycles. The van der Waals surface area contributed by atoms with E-state index in [-0.39, 0.29) is 16.8 Å². The molecule has 0 unspecified atom stereocenters. The van der Waals surface area contributed by atoms with Crippen LogP contribution in [-0.2, 0) is 10.0 Å². The van der Waals surface area contributed by atoms with Gasteiger partial charge in [-0.2, -0.15) is 4.31 Å². The molecule has 1 amide bonds. The van der Waals surface area contributed by atoms with Crippen molar-refractivity contribution in [2.24, 2.45) is 0 Å². The van der Waals surface area contributed by atoms with E-state index in [1.54, 1.807) is 34.6 Å². The van der Waals surface area contributed by atoms with Gasteiger partial charge in [-0.25, -0.2) is 8.42 Å². The Morgan fingerprint density at radius 3 is 1.79 bits per heavy atom. The van der Waals surface area contributed by atoms with Crippen molar-refractivity contribution in [2.75, 3.05) is 31.5 Å². The number of hydrogen-bond acceptors (Lipinski definition) is 4. The number of rotatable bonds is 7. The fourth-order valence-electron chi connectivity index (χ4n) is 4.79. The maximum atomic E-state index is 13.4. The number of sulfonamides is 1. The zero-order valence-electron chi connectivity index (χ0n) is 20.7. The third-order valence-corrected chi connectivity index (χ3v) is 9.59. The highest BCUT2D eigenvalue weighted by atomic mass is 127. The van der Waals surface area contributed by atoms with Crippen LogP contribution in [0.5, 0.6) is 0 Å². The summed E-state index contributed by atoms with van der Waals surface area (Å²) in [4.78, 5) is 15.2. The van der Waals surface area contributed by atoms with Gasteiger partial charge in [0.2, 0.25) is 10.0 Å². The van der Waals surface area contributed by atoms with Crippen molar-refractivity contribution in [1.29, 1.82) is 0 Å². The smallest absolute Gasteiger partial charge is 0.256 e. The Morgan fingerprint density at radius 1 is 0.711 bits per heavy atom. The fourth-order valence-corrected chi connectivity index (χ4v) is 6.84. The Kier molecular flexibility index (Phi) is 8.23. The zero-order chi connectivity index (χ0) is 26.5. The molecule has 0 saturated carbocycles. The van der Waals surface area contributed by atoms with Gasteiger partial charge in [-0.3, -0.25) is 9.69 Å². The molecule has 0 atom stereocenters. The first-order valence-corrected chi connectivity index (χ1v) is 15.0. The van der Waals surface area contributed by atoms with Crippen molar-refractivity contribution in [3.63, 3.8) is 0 Å². The summed E-state index contributed by atoms with van der Waals surface area (Å²) in [5.74, 6) is -0.229. The van der Waals surface area contributed by atoms with Crippen molar-refractivity contribution < 1.29 is 13.2 Å². The molecule has 5 rings (SSSR count). The van der Waals surface area contributed by atoms with E-state index in [4.69, 9.17) is 0 Å². The number of nitrogens with one attached hydrogen (secondary N) is 1. The number of benzene rings is 4. The molecule has 4 aromatic rings. The molecular weight excluding hydrogens is 609 g/mol. The average molecular weight is 638 g/mol. The number of hydrogen-bond donors (Lipinski definition) is 1. The van der Waals surface area contributed by atoms with Crippen molar-refractivity contribution in [2.45, 2.75) is 10.9 Å². The molecule has 0 spiro atoms. The van der Waals surface area contributed by atoms with Crippen molar-refractivity contribution >= 4 is 44.2 Å². The Morgan fingerprint density at radius 2 is 1.24 bits per heavy atom. The molecule has 8 heteroatoms. The predicted molar refractivity (Wildman–Crippen MR) is 159 cm³/mol. The standard InChI is InChI=1S/C30H28IN3O3S/c31-28-14-8-7-13-27(28)30(35)32-25-15-17-26(18-16-25)38(36,37)34-21-19-33(20-22-34)29(23-9-3-1-4-10-23)24-11-5-2-6-12-24/h1-18,29H,19-22H2,(H,32,35). The first-order chi connectivity index (χ1) is 18.4. The lowest BCUT2D eigenvalue weighted by Crippen LogP contribution is -2.49. The molecule has 0 bridgehead atoms. The van der Waals surface area contributed by atoms with Gasteiger partial charge in [-0.05, 0) is 70.1 Å². The van der Waals surface area contributed by atoms with Crippen LogP contribution in [0, 0.1) is 3.57 Å². The molecule has 6 nitrogen and oxygen atoms in total. The minimum absolute atomic E-state index is 0.0674. The van der Waals surface area contributed by atoms with Gasteiger partial charge in [-0.15, -0.1) is 0 Å². The zero-order valence-corrected chi connectivity index (χ0v) is 23.7. The Bertz CT molecular complexity index is 1450. The average Bonchev–Trinajstić information content (AvgIpc) is 2.95. The quantitative estimate of drug-likeness (QED) is 0.267. The molecule has 1 aliphatic rings. The summed E-state index contributed by atoms with van der Waals surface area (Å²) in [5, 5.41) is 2.85. The van der Waals surface area contributed by atoms with Crippen LogP contribution in [0.15, 0.2) is 114 Å². The second-order valence-corrected chi connectivity index (χ2v) is 12.2. The predicted octanol–water partition coefficient (Wildman–Crippen LogP) is 5.64. The number of carbonyl (C=O) groups is 1. The van der Waals surface area contributed by atoms with Gasteiger partial charge in [0, 0.05) is 35.4 Å². The van der Waals surface area contributed by atoms with Crippen LogP contribution in [0.3, 0.4) is 0 Å². The number of halogens is 1. The van der Waals surface area contributed by atoms with E-state index in [1.165, 1.54) is 11.1 Å². The van der Waals surface area contributed by atoms with Gasteiger partial charge in [-0.1, -0.05) is 72.8 Å². The number of piperazine rings is 1. The number of carbonyl (C=O) groups excluding carboxylic acids is 1. The third-order valence-electron chi connectivity index (χ3n) is 6.74. The summed E-state index contributed by atoms with van der Waals surface area (Å²) in [6, 6.07) is 34.5. The highest BCUT2D eigenvalue weighted by molar-refractivity contribution is 14.1. The summed E-state index contributed by atoms with van der Waals surface area (Å²) < 4.78 is 29.2. The number of amides is 1. The van der Waals surface area contributed by atoms with Crippen molar-refractivity contribution in [3.05, 3.63) is 129 Å². The molecule has 0 aromatic heterocycles. The molecule has 4 aromatic carbocycles. The van der Waals surface area contributed by atoms with Crippen LogP contribution in [0.4, 0.5) is 5.69 Å². The monoisotopic (exact) mass is 637 g/mol. The van der Waals surface area contributed by atoms with Crippen LogP contribution in [0.1, 0.15) is 27.5 Å². The van der Waals surface area contributed by atoms with E-state index in [9.17, 15) is 13.2 Å². The first-order valence-electron chi connectivity index (χ1n) is 12.4. The van der Waals surface area contributed by atoms with Gasteiger partial charge in [0.1, 0.15) is 0 Å². The van der Waals surface area contributed by atoms with Crippen LogP contribution >= 0.6 is 22.6 Å². The number of anilines is 1. The lowest BCUT2D eigenvalue weighted by atomic mass is 9.96. The summed E-state index contributed by atoms with van der Waals surface area (Å²) in [7, 11) is -3.65. The third kappa shape index (κ3) is 5.83. The topological polar surface area (TPSA) is 69.7 Å². The Balaban J connectivity index is 1.27. The molecule has 1 N–H and O–H groups in total. The van der Waals surface area contributed by atoms with E-state index >= 15 is 0 Å². The summed E-state index contributed by atoms with van der Waals surface area (Å²) in [6.45, 7) is 2.06. The van der Waals surface area contributed by atoms with E-state index in [2.05, 4.69) is 57.1 Å². The summed E-state index contributed by atoms with van der Waals surface area (Å²) in [5.41, 5.74) is 3.51. The van der Waals surface area contributed by atoms with Crippen LogP contribution in [0.25, 0.3) is 0 Å². The van der Waals surface area contributed by atoms with Crippen molar-refractivity contribution in [1.82, 2.24) is 9.21 Å². The molecule has 1 heterocycles. The Labute approximate surface area is 237 Å². The molecule has 0 radical (unpaired) electrons. The largest absolute Gasteiger partial charge is 0.322 e. The first kappa shape index (κ1) is 26.6. The lowest BCUT2D eigenvalue weighted by molar-refractivity contribution is 0.102. The SMILES string of the molecule is O=C(Nc1ccc(S(=O)(=O)N2CCN(C(c3ccccc3)c3ccccc3)CC2)cc1)c1ccccc1I. The maximum Gasteiger partial charge on any atom is 0.256 e. The van der Waals surface area contributed by atoms with Gasteiger partial charge in [0.15, 0.2) is 0 Å². The lowest BCUT2D eigenvalue weighted by Gasteiger charge is -2.39. The maximum absolute atomic E-state index is 13.4. The highest BCUT2D eigenvalue weighted by Crippen LogP contribution is 2.30. The molecule has 1 fully saturated rings. The minimum atomic E-state index is -3.65. The summed E-state index contributed by atoms with van der Waals surface area (Å²) in [6.07, 6.45) is 0. The minimum Gasteiger partial charge on any atom is -0.322 e. The van der Waals surface area contributed by atoms with Gasteiger partial charge in [0.05, 0.1) is 16.5 Å². The fraction of sp³-hybridized carbons (Fsp3) is 0.167. The van der Waals surface area contributed by atoms with E-state index in [1.807, 2.05) is 54.6 Å². The molecule has 0 aliphatic carbocycles. The van der Waals surface area contributed by atoms with E-state index in [0.717, 1.165) is 3.57 Å². The summed E-state index contributed by atoms with van der Waals surface area (Å²) >= 11 is 2.12. The highest BCUT2D eigenvalue weighted by Gasteiger charge is 2.32. The second kappa shape index (κ2) is 11.8. The molecule has 1 saturated heterocycles. The normalized spacial score (nSPS) is 14.9.